The molecule has 0 amide bonds. The molecule has 6 nitrogen and oxygen atoms in total. The van der Waals surface area contributed by atoms with Crippen LogP contribution in [-0.4, -0.2) is 68.3 Å². The van der Waals surface area contributed by atoms with Crippen LogP contribution >= 0.6 is 0 Å². The van der Waals surface area contributed by atoms with E-state index in [9.17, 15) is 8.78 Å². The number of halogens is 2. The third-order valence-corrected chi connectivity index (χ3v) is 9.05. The lowest BCUT2D eigenvalue weighted by Gasteiger charge is -2.40. The van der Waals surface area contributed by atoms with E-state index in [1.807, 2.05) is 16.8 Å². The predicted octanol–water partition coefficient (Wildman–Crippen LogP) is 7.06. The van der Waals surface area contributed by atoms with Crippen molar-refractivity contribution >= 4 is 11.0 Å². The molecule has 5 heterocycles. The van der Waals surface area contributed by atoms with E-state index >= 15 is 0 Å². The molecule has 220 valence electrons. The summed E-state index contributed by atoms with van der Waals surface area (Å²) in [7, 11) is 0. The quantitative estimate of drug-likeness (QED) is 0.207. The first kappa shape index (κ1) is 27.8. The first-order valence-electron chi connectivity index (χ1n) is 15.4. The topological polar surface area (TPSA) is 50.1 Å². The van der Waals surface area contributed by atoms with Crippen molar-refractivity contribution in [1.82, 2.24) is 29.5 Å². The highest BCUT2D eigenvalue weighted by molar-refractivity contribution is 6.05. The maximum Gasteiger partial charge on any atom is 0.182 e. The minimum absolute atomic E-state index is 0.293. The molecule has 2 aliphatic rings. The molecular formula is C35H36F2N6. The molecule has 2 fully saturated rings. The maximum atomic E-state index is 14.1. The number of hydrogen-bond acceptors (Lipinski definition) is 5. The van der Waals surface area contributed by atoms with E-state index in [0.717, 1.165) is 65.4 Å². The standard InChI is InChI=1S/C35H36F2N6/c36-28-8-4-25(5-9-28)32-31-24-43(23-22-41-20-14-30(15-21-41)42-18-2-1-3-19-42)40-35(31)39-34(27-6-10-29(37)11-7-27)33(32)26-12-16-38-17-13-26/h4-13,16-17,24,30H,1-3,14-15,18-23H2. The van der Waals surface area contributed by atoms with Crippen LogP contribution in [0.25, 0.3) is 44.5 Å². The summed E-state index contributed by atoms with van der Waals surface area (Å²) in [6.07, 6.45) is 12.1. The fourth-order valence-electron chi connectivity index (χ4n) is 6.77. The molecule has 0 radical (unpaired) electrons. The number of pyridine rings is 2. The van der Waals surface area contributed by atoms with Crippen LogP contribution in [0.5, 0.6) is 0 Å². The Morgan fingerprint density at radius 1 is 0.674 bits per heavy atom. The molecule has 2 aromatic carbocycles. The third-order valence-electron chi connectivity index (χ3n) is 9.05. The molecule has 0 bridgehead atoms. The van der Waals surface area contributed by atoms with Crippen molar-refractivity contribution < 1.29 is 8.78 Å². The number of hydrogen-bond donors (Lipinski definition) is 0. The zero-order valence-electron chi connectivity index (χ0n) is 24.3. The van der Waals surface area contributed by atoms with Crippen molar-refractivity contribution in [3.05, 3.63) is 90.9 Å². The van der Waals surface area contributed by atoms with Gasteiger partial charge in [0.2, 0.25) is 0 Å². The van der Waals surface area contributed by atoms with E-state index in [0.29, 0.717) is 11.3 Å². The molecule has 0 aliphatic carbocycles. The van der Waals surface area contributed by atoms with Crippen molar-refractivity contribution in [3.8, 4) is 33.5 Å². The van der Waals surface area contributed by atoms with Crippen LogP contribution in [-0.2, 0) is 6.54 Å². The second-order valence-electron chi connectivity index (χ2n) is 11.8. The van der Waals surface area contributed by atoms with E-state index in [4.69, 9.17) is 10.1 Å². The summed E-state index contributed by atoms with van der Waals surface area (Å²) in [5.41, 5.74) is 5.68. The van der Waals surface area contributed by atoms with Gasteiger partial charge in [0, 0.05) is 53.3 Å². The van der Waals surface area contributed by atoms with E-state index in [1.165, 1.54) is 69.5 Å². The largest absolute Gasteiger partial charge is 0.301 e. The summed E-state index contributed by atoms with van der Waals surface area (Å²) in [4.78, 5) is 14.5. The van der Waals surface area contributed by atoms with E-state index in [-0.39, 0.29) is 11.6 Å². The van der Waals surface area contributed by atoms with Gasteiger partial charge in [0.25, 0.3) is 0 Å². The zero-order chi connectivity index (χ0) is 29.2. The van der Waals surface area contributed by atoms with Gasteiger partial charge >= 0.3 is 0 Å². The van der Waals surface area contributed by atoms with Crippen LogP contribution in [0.2, 0.25) is 0 Å². The monoisotopic (exact) mass is 578 g/mol. The lowest BCUT2D eigenvalue weighted by molar-refractivity contribution is 0.0907. The van der Waals surface area contributed by atoms with Crippen LogP contribution in [0.3, 0.4) is 0 Å². The molecule has 43 heavy (non-hydrogen) atoms. The summed E-state index contributed by atoms with van der Waals surface area (Å²) in [5.74, 6) is -0.601. The Labute approximate surface area is 251 Å². The molecule has 0 unspecified atom stereocenters. The molecule has 7 rings (SSSR count). The van der Waals surface area contributed by atoms with Gasteiger partial charge < -0.3 is 9.80 Å². The average Bonchev–Trinajstić information content (AvgIpc) is 3.48. The smallest absolute Gasteiger partial charge is 0.182 e. The van der Waals surface area contributed by atoms with Crippen LogP contribution in [0.15, 0.2) is 79.3 Å². The molecule has 0 saturated carbocycles. The van der Waals surface area contributed by atoms with Crippen LogP contribution in [0.1, 0.15) is 32.1 Å². The molecule has 0 N–H and O–H groups in total. The highest BCUT2D eigenvalue weighted by Crippen LogP contribution is 2.43. The lowest BCUT2D eigenvalue weighted by atomic mass is 9.90. The molecule has 2 aliphatic heterocycles. The number of piperidine rings is 2. The van der Waals surface area contributed by atoms with Gasteiger partial charge in [-0.3, -0.25) is 9.67 Å². The van der Waals surface area contributed by atoms with Gasteiger partial charge in [-0.1, -0.05) is 18.6 Å². The summed E-state index contributed by atoms with van der Waals surface area (Å²) in [6, 6.07) is 17.6. The highest BCUT2D eigenvalue weighted by atomic mass is 19.1. The third kappa shape index (κ3) is 5.94. The lowest BCUT2D eigenvalue weighted by Crippen LogP contribution is -2.47. The van der Waals surface area contributed by atoms with E-state index in [1.54, 1.807) is 36.7 Å². The van der Waals surface area contributed by atoms with Crippen LogP contribution < -0.4 is 0 Å². The number of aromatic nitrogens is 4. The maximum absolute atomic E-state index is 14.1. The normalized spacial score (nSPS) is 17.1. The van der Waals surface area contributed by atoms with Crippen molar-refractivity contribution in [1.29, 1.82) is 0 Å². The van der Waals surface area contributed by atoms with E-state index < -0.39 is 0 Å². The highest BCUT2D eigenvalue weighted by Gasteiger charge is 2.26. The van der Waals surface area contributed by atoms with Gasteiger partial charge in [0.05, 0.1) is 12.2 Å². The van der Waals surface area contributed by atoms with Gasteiger partial charge in [0.1, 0.15) is 11.6 Å². The summed E-state index contributed by atoms with van der Waals surface area (Å²) in [6.45, 7) is 6.42. The van der Waals surface area contributed by atoms with Gasteiger partial charge in [-0.25, -0.2) is 13.8 Å². The van der Waals surface area contributed by atoms with Crippen molar-refractivity contribution in [2.24, 2.45) is 0 Å². The van der Waals surface area contributed by atoms with Crippen LogP contribution in [0, 0.1) is 11.6 Å². The van der Waals surface area contributed by atoms with Gasteiger partial charge in [-0.15, -0.1) is 0 Å². The van der Waals surface area contributed by atoms with Crippen molar-refractivity contribution in [2.75, 3.05) is 32.7 Å². The Hall–Kier alpha value is -4.01. The fourth-order valence-corrected chi connectivity index (χ4v) is 6.77. The molecule has 3 aromatic heterocycles. The fraction of sp³-hybridized carbons (Fsp3) is 0.343. The summed E-state index contributed by atoms with van der Waals surface area (Å²) < 4.78 is 30.0. The molecule has 0 spiro atoms. The minimum atomic E-state index is -0.307. The minimum Gasteiger partial charge on any atom is -0.301 e. The first-order chi connectivity index (χ1) is 21.1. The number of fused-ring (bicyclic) bond motifs is 1. The molecular weight excluding hydrogens is 542 g/mol. The number of likely N-dealkylation sites (tertiary alicyclic amines) is 2. The second kappa shape index (κ2) is 12.3. The molecule has 8 heteroatoms. The molecule has 5 aromatic rings. The number of nitrogens with zero attached hydrogens (tertiary/aromatic N) is 6. The average molecular weight is 579 g/mol. The first-order valence-corrected chi connectivity index (χ1v) is 15.4. The Morgan fingerprint density at radius 2 is 1.30 bits per heavy atom. The SMILES string of the molecule is Fc1ccc(-c2nc3nn(CCN4CCC(N5CCCCC5)CC4)cc3c(-c3ccc(F)cc3)c2-c2ccncc2)cc1. The molecule has 2 saturated heterocycles. The summed E-state index contributed by atoms with van der Waals surface area (Å²) >= 11 is 0. The number of benzene rings is 2. The Morgan fingerprint density at radius 3 is 1.98 bits per heavy atom. The predicted molar refractivity (Wildman–Crippen MR) is 166 cm³/mol. The Bertz CT molecular complexity index is 1670. The second-order valence-corrected chi connectivity index (χ2v) is 11.8. The molecule has 0 atom stereocenters. The van der Waals surface area contributed by atoms with Crippen molar-refractivity contribution in [3.63, 3.8) is 0 Å². The van der Waals surface area contributed by atoms with Gasteiger partial charge in [-0.2, -0.15) is 5.10 Å². The summed E-state index contributed by atoms with van der Waals surface area (Å²) in [5, 5.41) is 5.83. The Balaban J connectivity index is 1.24. The van der Waals surface area contributed by atoms with Gasteiger partial charge in [-0.05, 0) is 112 Å². The van der Waals surface area contributed by atoms with Crippen LogP contribution in [0.4, 0.5) is 8.78 Å². The van der Waals surface area contributed by atoms with Gasteiger partial charge in [0.15, 0.2) is 5.65 Å². The van der Waals surface area contributed by atoms with Crippen molar-refractivity contribution in [2.45, 2.75) is 44.7 Å². The van der Waals surface area contributed by atoms with E-state index in [2.05, 4.69) is 21.0 Å². The zero-order valence-corrected chi connectivity index (χ0v) is 24.3. The number of rotatable bonds is 7. The Kier molecular flexibility index (Phi) is 7.96.